The average molecular weight is 241 g/mol. The van der Waals surface area contributed by atoms with E-state index in [9.17, 15) is 8.42 Å². The molecule has 3 N–H and O–H groups in total. The van der Waals surface area contributed by atoms with Crippen LogP contribution in [-0.4, -0.2) is 26.3 Å². The summed E-state index contributed by atoms with van der Waals surface area (Å²) >= 11 is 0. The zero-order chi connectivity index (χ0) is 9.47. The predicted molar refractivity (Wildman–Crippen MR) is 57.9 cm³/mol. The maximum Gasteiger partial charge on any atom is 0.214 e. The lowest BCUT2D eigenvalue weighted by atomic mass is 10.2. The molecule has 0 saturated heterocycles. The highest BCUT2D eigenvalue weighted by Crippen LogP contribution is 2.32. The molecular weight excluding hydrogens is 224 g/mol. The molecule has 2 aliphatic carbocycles. The van der Waals surface area contributed by atoms with Gasteiger partial charge in [-0.15, -0.1) is 12.4 Å². The van der Waals surface area contributed by atoms with Crippen molar-refractivity contribution in [2.24, 2.45) is 11.7 Å². The summed E-state index contributed by atoms with van der Waals surface area (Å²) < 4.78 is 25.3. The smallest absolute Gasteiger partial charge is 0.214 e. The largest absolute Gasteiger partial charge is 0.326 e. The van der Waals surface area contributed by atoms with Gasteiger partial charge >= 0.3 is 0 Å². The van der Waals surface area contributed by atoms with Crippen LogP contribution >= 0.6 is 12.4 Å². The summed E-state index contributed by atoms with van der Waals surface area (Å²) in [6, 6.07) is 0.0218. The van der Waals surface area contributed by atoms with Crippen LogP contribution in [0.5, 0.6) is 0 Å². The number of nitrogens with one attached hydrogen (secondary N) is 1. The third-order valence-corrected chi connectivity index (χ3v) is 4.63. The number of rotatable bonds is 5. The molecule has 0 aromatic rings. The maximum absolute atomic E-state index is 11.4. The Labute approximate surface area is 91.1 Å². The molecule has 4 nitrogen and oxygen atoms in total. The van der Waals surface area contributed by atoms with Gasteiger partial charge in [-0.1, -0.05) is 0 Å². The average Bonchev–Trinajstić information content (AvgIpc) is 2.89. The monoisotopic (exact) mass is 240 g/mol. The molecule has 6 heteroatoms. The van der Waals surface area contributed by atoms with E-state index < -0.39 is 10.0 Å². The Bertz CT molecular complexity index is 286. The maximum atomic E-state index is 11.4. The zero-order valence-corrected chi connectivity index (χ0v) is 9.61. The molecule has 14 heavy (non-hydrogen) atoms. The van der Waals surface area contributed by atoms with Crippen LogP contribution in [0.1, 0.15) is 25.7 Å². The molecule has 0 aromatic carbocycles. The van der Waals surface area contributed by atoms with Crippen LogP contribution in [0.2, 0.25) is 0 Å². The fraction of sp³-hybridized carbons (Fsp3) is 1.00. The van der Waals surface area contributed by atoms with Gasteiger partial charge in [-0.3, -0.25) is 0 Å². The number of halogens is 1. The Hall–Kier alpha value is 0.160. The molecule has 0 aromatic heterocycles. The summed E-state index contributed by atoms with van der Waals surface area (Å²) in [6.07, 6.45) is 3.95. The number of hydrogen-bond acceptors (Lipinski definition) is 3. The van der Waals surface area contributed by atoms with E-state index in [0.717, 1.165) is 25.7 Å². The van der Waals surface area contributed by atoms with Crippen LogP contribution in [0.15, 0.2) is 0 Å². The molecule has 0 aliphatic heterocycles. The highest BCUT2D eigenvalue weighted by molar-refractivity contribution is 7.90. The van der Waals surface area contributed by atoms with Crippen molar-refractivity contribution < 1.29 is 8.42 Å². The van der Waals surface area contributed by atoms with Crippen molar-refractivity contribution in [1.82, 2.24) is 4.72 Å². The van der Waals surface area contributed by atoms with E-state index in [1.807, 2.05) is 0 Å². The topological polar surface area (TPSA) is 72.2 Å². The van der Waals surface area contributed by atoms with Gasteiger partial charge in [0.1, 0.15) is 0 Å². The fourth-order valence-electron chi connectivity index (χ4n) is 1.40. The second-order valence-corrected chi connectivity index (χ2v) is 6.14. The van der Waals surface area contributed by atoms with E-state index in [4.69, 9.17) is 5.73 Å². The van der Waals surface area contributed by atoms with Gasteiger partial charge in [0.2, 0.25) is 10.0 Å². The van der Waals surface area contributed by atoms with Crippen molar-refractivity contribution in [2.75, 3.05) is 6.54 Å². The van der Waals surface area contributed by atoms with E-state index >= 15 is 0 Å². The van der Waals surface area contributed by atoms with Crippen molar-refractivity contribution in [2.45, 2.75) is 37.0 Å². The minimum atomic E-state index is -3.02. The molecule has 1 atom stereocenters. The molecule has 2 rings (SSSR count). The van der Waals surface area contributed by atoms with Gasteiger partial charge in [0.25, 0.3) is 0 Å². The SMILES string of the molecule is Cl.NC(CNS(=O)(=O)C1CC1)C1CC1. The van der Waals surface area contributed by atoms with Gasteiger partial charge in [-0.2, -0.15) is 0 Å². The first-order valence-electron chi connectivity index (χ1n) is 4.83. The molecule has 84 valence electrons. The van der Waals surface area contributed by atoms with Gasteiger partial charge in [-0.25, -0.2) is 13.1 Å². The second-order valence-electron chi connectivity index (χ2n) is 4.09. The number of sulfonamides is 1. The highest BCUT2D eigenvalue weighted by atomic mass is 35.5. The van der Waals surface area contributed by atoms with Crippen LogP contribution in [0.25, 0.3) is 0 Å². The standard InChI is InChI=1S/C8H16N2O2S.ClH/c9-8(6-1-2-6)5-10-13(11,12)7-3-4-7;/h6-8,10H,1-5,9H2;1H. The van der Waals surface area contributed by atoms with E-state index in [1.54, 1.807) is 0 Å². The normalized spacial score (nSPS) is 24.1. The quantitative estimate of drug-likeness (QED) is 0.723. The molecule has 0 heterocycles. The lowest BCUT2D eigenvalue weighted by Gasteiger charge is -2.11. The number of nitrogens with two attached hydrogens (primary N) is 1. The summed E-state index contributed by atoms with van der Waals surface area (Å²) in [5.74, 6) is 0.557. The van der Waals surface area contributed by atoms with E-state index in [1.165, 1.54) is 0 Å². The minimum absolute atomic E-state index is 0. The Morgan fingerprint density at radius 1 is 1.29 bits per heavy atom. The lowest BCUT2D eigenvalue weighted by Crippen LogP contribution is -2.39. The predicted octanol–water partition coefficient (Wildman–Crippen LogP) is 0.227. The third-order valence-electron chi connectivity index (χ3n) is 2.71. The minimum Gasteiger partial charge on any atom is -0.326 e. The van der Waals surface area contributed by atoms with E-state index in [-0.39, 0.29) is 23.7 Å². The lowest BCUT2D eigenvalue weighted by molar-refractivity contribution is 0.547. The summed E-state index contributed by atoms with van der Waals surface area (Å²) in [6.45, 7) is 0.420. The molecule has 0 bridgehead atoms. The molecule has 0 amide bonds. The fourth-order valence-corrected chi connectivity index (χ4v) is 2.82. The Morgan fingerprint density at radius 2 is 1.86 bits per heavy atom. The van der Waals surface area contributed by atoms with Gasteiger partial charge in [-0.05, 0) is 31.6 Å². The summed E-state index contributed by atoms with van der Waals surface area (Å²) in [7, 11) is -3.02. The first-order valence-corrected chi connectivity index (χ1v) is 6.38. The Balaban J connectivity index is 0.000000980. The Kier molecular flexibility index (Phi) is 3.80. The van der Waals surface area contributed by atoms with Gasteiger partial charge in [0, 0.05) is 12.6 Å². The van der Waals surface area contributed by atoms with Gasteiger partial charge in [0.15, 0.2) is 0 Å². The zero-order valence-electron chi connectivity index (χ0n) is 7.98. The molecule has 0 radical (unpaired) electrons. The second kappa shape index (κ2) is 4.35. The first-order chi connectivity index (χ1) is 6.09. The van der Waals surface area contributed by atoms with E-state index in [0.29, 0.717) is 12.5 Å². The molecule has 2 fully saturated rings. The highest BCUT2D eigenvalue weighted by Gasteiger charge is 2.36. The van der Waals surface area contributed by atoms with Crippen molar-refractivity contribution in [3.05, 3.63) is 0 Å². The number of hydrogen-bond donors (Lipinski definition) is 2. The van der Waals surface area contributed by atoms with Gasteiger partial charge < -0.3 is 5.73 Å². The first kappa shape index (κ1) is 12.2. The van der Waals surface area contributed by atoms with Crippen LogP contribution in [0, 0.1) is 5.92 Å². The molecule has 2 saturated carbocycles. The van der Waals surface area contributed by atoms with Crippen LogP contribution in [0.4, 0.5) is 0 Å². The van der Waals surface area contributed by atoms with Crippen LogP contribution in [-0.2, 0) is 10.0 Å². The van der Waals surface area contributed by atoms with Crippen molar-refractivity contribution >= 4 is 22.4 Å². The third kappa shape index (κ3) is 3.08. The molecular formula is C8H17ClN2O2S. The van der Waals surface area contributed by atoms with E-state index in [2.05, 4.69) is 4.72 Å². The Morgan fingerprint density at radius 3 is 2.29 bits per heavy atom. The van der Waals surface area contributed by atoms with Crippen LogP contribution < -0.4 is 10.5 Å². The molecule has 0 spiro atoms. The molecule has 1 unspecified atom stereocenters. The van der Waals surface area contributed by atoms with Crippen molar-refractivity contribution in [3.63, 3.8) is 0 Å². The summed E-state index contributed by atoms with van der Waals surface area (Å²) in [5.41, 5.74) is 5.78. The van der Waals surface area contributed by atoms with Crippen molar-refractivity contribution in [3.8, 4) is 0 Å². The molecule has 2 aliphatic rings. The van der Waals surface area contributed by atoms with Crippen molar-refractivity contribution in [1.29, 1.82) is 0 Å². The summed E-state index contributed by atoms with van der Waals surface area (Å²) in [5, 5.41) is -0.126. The van der Waals surface area contributed by atoms with Crippen LogP contribution in [0.3, 0.4) is 0 Å². The van der Waals surface area contributed by atoms with Gasteiger partial charge in [0.05, 0.1) is 5.25 Å². The summed E-state index contributed by atoms with van der Waals surface area (Å²) in [4.78, 5) is 0.